The molecule has 0 spiro atoms. The summed E-state index contributed by atoms with van der Waals surface area (Å²) < 4.78 is 10.4. The number of ketones is 1. The van der Waals surface area contributed by atoms with Crippen LogP contribution in [0, 0.1) is 0 Å². The van der Waals surface area contributed by atoms with Crippen LogP contribution in [-0.4, -0.2) is 42.3 Å². The Labute approximate surface area is 237 Å². The highest BCUT2D eigenvalue weighted by Crippen LogP contribution is 2.10. The van der Waals surface area contributed by atoms with Gasteiger partial charge in [-0.3, -0.25) is 19.2 Å². The van der Waals surface area contributed by atoms with E-state index >= 15 is 0 Å². The minimum atomic E-state index is -0.759. The first-order chi connectivity index (χ1) is 19.3. The Hall–Kier alpha value is -3.56. The molecule has 5 N–H and O–H groups in total. The molecule has 0 aromatic heterocycles. The van der Waals surface area contributed by atoms with Crippen LogP contribution in [-0.2, 0) is 41.9 Å². The number of Topliss-reactive ketones (excluding diaryl/α,β-unsaturated/α-hetero) is 1. The lowest BCUT2D eigenvalue weighted by atomic mass is 10.0. The van der Waals surface area contributed by atoms with Gasteiger partial charge in [0, 0.05) is 25.8 Å². The van der Waals surface area contributed by atoms with Crippen molar-refractivity contribution in [1.82, 2.24) is 5.32 Å². The fraction of sp³-hybridized carbons (Fsp3) is 0.484. The zero-order valence-corrected chi connectivity index (χ0v) is 23.2. The maximum Gasteiger partial charge on any atom is 0.306 e. The van der Waals surface area contributed by atoms with Gasteiger partial charge in [0.1, 0.15) is 19.0 Å². The molecule has 2 atom stereocenters. The molecule has 0 radical (unpaired) electrons. The monoisotopic (exact) mass is 553 g/mol. The Balaban J connectivity index is 1.42. The van der Waals surface area contributed by atoms with Crippen molar-refractivity contribution in [3.8, 4) is 0 Å². The SMILES string of the molecule is N[C@@H](CCC(=O)OCc1ccccc1)C(=O)CCCCCCCNC(=O)[C@@H](N)CCC(=O)OCc1ccccc1. The second kappa shape index (κ2) is 19.5. The van der Waals surface area contributed by atoms with Crippen LogP contribution in [0.5, 0.6) is 0 Å². The van der Waals surface area contributed by atoms with E-state index in [2.05, 4.69) is 5.32 Å². The van der Waals surface area contributed by atoms with E-state index in [-0.39, 0.29) is 62.5 Å². The van der Waals surface area contributed by atoms with E-state index in [0.717, 1.165) is 43.2 Å². The van der Waals surface area contributed by atoms with Crippen LogP contribution >= 0.6 is 0 Å². The van der Waals surface area contributed by atoms with Gasteiger partial charge in [0.05, 0.1) is 12.1 Å². The first-order valence-corrected chi connectivity index (χ1v) is 14.1. The third-order valence-electron chi connectivity index (χ3n) is 6.45. The quantitative estimate of drug-likeness (QED) is 0.166. The fourth-order valence-electron chi connectivity index (χ4n) is 3.94. The van der Waals surface area contributed by atoms with Crippen molar-refractivity contribution < 1.29 is 28.7 Å². The number of ether oxygens (including phenoxy) is 2. The number of hydrogen-bond acceptors (Lipinski definition) is 8. The molecule has 40 heavy (non-hydrogen) atoms. The number of nitrogens with one attached hydrogen (secondary N) is 1. The van der Waals surface area contributed by atoms with Crippen molar-refractivity contribution >= 4 is 23.6 Å². The minimum absolute atomic E-state index is 0.0407. The summed E-state index contributed by atoms with van der Waals surface area (Å²) >= 11 is 0. The molecule has 2 rings (SSSR count). The number of unbranched alkanes of at least 4 members (excludes halogenated alkanes) is 4. The summed E-state index contributed by atoms with van der Waals surface area (Å²) in [6.45, 7) is 0.925. The molecule has 2 aromatic carbocycles. The number of carbonyl (C=O) groups is 4. The summed E-state index contributed by atoms with van der Waals surface area (Å²) in [6.07, 6.45) is 5.37. The molecular formula is C31H43N3O6. The first-order valence-electron chi connectivity index (χ1n) is 14.1. The van der Waals surface area contributed by atoms with Crippen molar-refractivity contribution in [3.63, 3.8) is 0 Å². The second-order valence-corrected chi connectivity index (χ2v) is 9.86. The third-order valence-corrected chi connectivity index (χ3v) is 6.45. The average molecular weight is 554 g/mol. The first kappa shape index (κ1) is 32.7. The Kier molecular flexibility index (Phi) is 15.9. The van der Waals surface area contributed by atoms with Gasteiger partial charge in [0.2, 0.25) is 5.91 Å². The molecule has 0 aliphatic heterocycles. The van der Waals surface area contributed by atoms with Crippen molar-refractivity contribution in [3.05, 3.63) is 71.8 Å². The van der Waals surface area contributed by atoms with Gasteiger partial charge in [0.15, 0.2) is 0 Å². The lowest BCUT2D eigenvalue weighted by Crippen LogP contribution is -2.41. The molecule has 9 heteroatoms. The molecule has 0 heterocycles. The maximum absolute atomic E-state index is 12.2. The highest BCUT2D eigenvalue weighted by molar-refractivity contribution is 5.84. The summed E-state index contributed by atoms with van der Waals surface area (Å²) in [5.74, 6) is -1.06. The largest absolute Gasteiger partial charge is 0.461 e. The third kappa shape index (κ3) is 14.6. The summed E-state index contributed by atoms with van der Waals surface area (Å²) in [5.41, 5.74) is 13.7. The summed E-state index contributed by atoms with van der Waals surface area (Å²) in [6, 6.07) is 17.4. The normalized spacial score (nSPS) is 12.2. The van der Waals surface area contributed by atoms with Gasteiger partial charge < -0.3 is 26.3 Å². The summed E-state index contributed by atoms with van der Waals surface area (Å²) in [4.78, 5) is 48.2. The molecule has 218 valence electrons. The molecule has 0 saturated heterocycles. The van der Waals surface area contributed by atoms with Crippen LogP contribution in [0.15, 0.2) is 60.7 Å². The molecule has 0 aliphatic carbocycles. The summed E-state index contributed by atoms with van der Waals surface area (Å²) in [5, 5.41) is 2.80. The standard InChI is InChI=1S/C31H43N3O6/c32-26(17-19-29(36)39-22-24-12-6-4-7-13-24)28(35)16-10-2-1-3-11-21-34-31(38)27(33)18-20-30(37)40-23-25-14-8-5-9-15-25/h4-9,12-15,26-27H,1-3,10-11,16-23,32-33H2,(H,34,38)/t26-,27-/m0/s1. The predicted molar refractivity (Wildman–Crippen MR) is 153 cm³/mol. The van der Waals surface area contributed by atoms with Gasteiger partial charge in [-0.1, -0.05) is 79.9 Å². The van der Waals surface area contributed by atoms with Crippen LogP contribution in [0.1, 0.15) is 75.3 Å². The Morgan fingerprint density at radius 2 is 1.10 bits per heavy atom. The average Bonchev–Trinajstić information content (AvgIpc) is 2.98. The topological polar surface area (TPSA) is 151 Å². The molecule has 9 nitrogen and oxygen atoms in total. The van der Waals surface area contributed by atoms with Gasteiger partial charge in [-0.05, 0) is 36.8 Å². The number of amides is 1. The van der Waals surface area contributed by atoms with E-state index in [9.17, 15) is 19.2 Å². The molecule has 0 saturated carbocycles. The van der Waals surface area contributed by atoms with E-state index in [1.54, 1.807) is 0 Å². The van der Waals surface area contributed by atoms with Gasteiger partial charge >= 0.3 is 11.9 Å². The van der Waals surface area contributed by atoms with Crippen LogP contribution < -0.4 is 16.8 Å². The van der Waals surface area contributed by atoms with Gasteiger partial charge in [-0.25, -0.2) is 0 Å². The molecule has 0 aliphatic rings. The van der Waals surface area contributed by atoms with Crippen LogP contribution in [0.4, 0.5) is 0 Å². The van der Waals surface area contributed by atoms with Crippen molar-refractivity contribution in [2.75, 3.05) is 6.54 Å². The molecule has 2 aromatic rings. The zero-order chi connectivity index (χ0) is 29.0. The van der Waals surface area contributed by atoms with Crippen molar-refractivity contribution in [2.24, 2.45) is 11.5 Å². The number of nitrogens with two attached hydrogens (primary N) is 2. The highest BCUT2D eigenvalue weighted by Gasteiger charge is 2.16. The maximum atomic E-state index is 12.2. The van der Waals surface area contributed by atoms with Gasteiger partial charge in [-0.2, -0.15) is 0 Å². The zero-order valence-electron chi connectivity index (χ0n) is 23.2. The number of rotatable bonds is 20. The Morgan fingerprint density at radius 1 is 0.625 bits per heavy atom. The van der Waals surface area contributed by atoms with E-state index in [1.165, 1.54) is 0 Å². The Morgan fingerprint density at radius 3 is 1.65 bits per heavy atom. The Bertz CT molecular complexity index is 948. The van der Waals surface area contributed by atoms with Crippen LogP contribution in [0.25, 0.3) is 0 Å². The van der Waals surface area contributed by atoms with Crippen molar-refractivity contribution in [2.45, 2.75) is 89.5 Å². The second-order valence-electron chi connectivity index (χ2n) is 9.86. The molecule has 0 fully saturated rings. The smallest absolute Gasteiger partial charge is 0.306 e. The fourth-order valence-corrected chi connectivity index (χ4v) is 3.94. The lowest BCUT2D eigenvalue weighted by molar-refractivity contribution is -0.146. The number of benzene rings is 2. The highest BCUT2D eigenvalue weighted by atomic mass is 16.5. The van der Waals surface area contributed by atoms with E-state index in [4.69, 9.17) is 20.9 Å². The number of hydrogen-bond donors (Lipinski definition) is 3. The van der Waals surface area contributed by atoms with Crippen molar-refractivity contribution in [1.29, 1.82) is 0 Å². The lowest BCUT2D eigenvalue weighted by Gasteiger charge is -2.12. The predicted octanol–water partition coefficient (Wildman–Crippen LogP) is 3.71. The summed E-state index contributed by atoms with van der Waals surface area (Å²) in [7, 11) is 0. The molecule has 0 bridgehead atoms. The number of carbonyl (C=O) groups excluding carboxylic acids is 4. The van der Waals surface area contributed by atoms with Gasteiger partial charge in [0.25, 0.3) is 0 Å². The molecular weight excluding hydrogens is 510 g/mol. The minimum Gasteiger partial charge on any atom is -0.461 e. The molecule has 1 amide bonds. The van der Waals surface area contributed by atoms with Crippen LogP contribution in [0.3, 0.4) is 0 Å². The van der Waals surface area contributed by atoms with Gasteiger partial charge in [-0.15, -0.1) is 0 Å². The van der Waals surface area contributed by atoms with Crippen LogP contribution in [0.2, 0.25) is 0 Å². The molecule has 0 unspecified atom stereocenters. The number of esters is 2. The van der Waals surface area contributed by atoms with E-state index in [0.29, 0.717) is 13.0 Å². The van der Waals surface area contributed by atoms with E-state index < -0.39 is 12.1 Å². The van der Waals surface area contributed by atoms with E-state index in [1.807, 2.05) is 60.7 Å².